The molecule has 126 valence electrons. The first kappa shape index (κ1) is 16.5. The number of nitrogens with zero attached hydrogens (tertiary/aromatic N) is 1. The van der Waals surface area contributed by atoms with Gasteiger partial charge in [0.15, 0.2) is 0 Å². The van der Waals surface area contributed by atoms with Crippen LogP contribution in [0.5, 0.6) is 0 Å². The second-order valence-corrected chi connectivity index (χ2v) is 7.68. The van der Waals surface area contributed by atoms with Crippen LogP contribution in [-0.4, -0.2) is 18.5 Å². The first-order valence-corrected chi connectivity index (χ1v) is 9.48. The van der Waals surface area contributed by atoms with Gasteiger partial charge in [-0.25, -0.2) is 4.99 Å². The Kier molecular flexibility index (Phi) is 5.40. The first-order valence-electron chi connectivity index (χ1n) is 9.48. The molecule has 0 radical (unpaired) electrons. The predicted octanol–water partition coefficient (Wildman–Crippen LogP) is 5.56. The van der Waals surface area contributed by atoms with E-state index < -0.39 is 0 Å². The molecule has 2 aliphatic rings. The third-order valence-electron chi connectivity index (χ3n) is 5.62. The summed E-state index contributed by atoms with van der Waals surface area (Å²) in [6.45, 7) is 7.45. The zero-order valence-electron chi connectivity index (χ0n) is 14.9. The molecule has 23 heavy (non-hydrogen) atoms. The topological polar surface area (TPSA) is 21.6 Å². The van der Waals surface area contributed by atoms with E-state index in [0.717, 1.165) is 29.9 Å². The van der Waals surface area contributed by atoms with Crippen LogP contribution in [0.1, 0.15) is 76.3 Å². The van der Waals surface area contributed by atoms with Gasteiger partial charge in [0.05, 0.1) is 6.04 Å². The van der Waals surface area contributed by atoms with Crippen LogP contribution < -0.4 is 0 Å². The molecule has 3 rings (SSSR count). The minimum atomic E-state index is 0.318. The summed E-state index contributed by atoms with van der Waals surface area (Å²) in [5.74, 6) is 3.11. The van der Waals surface area contributed by atoms with E-state index in [9.17, 15) is 0 Å². The van der Waals surface area contributed by atoms with Gasteiger partial charge >= 0.3 is 0 Å². The van der Waals surface area contributed by atoms with Crippen molar-refractivity contribution in [2.24, 2.45) is 16.8 Å². The second-order valence-electron chi connectivity index (χ2n) is 7.68. The smallest absolute Gasteiger partial charge is 0.216 e. The largest absolute Gasteiger partial charge is 0.475 e. The molecule has 0 N–H and O–H groups in total. The molecule has 1 aliphatic carbocycles. The van der Waals surface area contributed by atoms with Crippen LogP contribution in [0, 0.1) is 11.8 Å². The van der Waals surface area contributed by atoms with E-state index in [1.165, 1.54) is 44.1 Å². The van der Waals surface area contributed by atoms with Gasteiger partial charge in [0, 0.05) is 5.56 Å². The van der Waals surface area contributed by atoms with Gasteiger partial charge in [-0.2, -0.15) is 0 Å². The molecule has 2 nitrogen and oxygen atoms in total. The van der Waals surface area contributed by atoms with Gasteiger partial charge in [-0.15, -0.1) is 0 Å². The Bertz CT molecular complexity index is 523. The summed E-state index contributed by atoms with van der Waals surface area (Å²) in [4.78, 5) is 4.72. The standard InChI is InChI=1S/C21H31NO/c1-4-5-16-6-8-17(9-7-16)18-10-12-19(13-11-18)21-22-20(14-23-21)15(2)3/h10-13,15-17,20H,4-9,14H2,1-3H3. The molecular formula is C21H31NO. The third kappa shape index (κ3) is 3.97. The third-order valence-corrected chi connectivity index (χ3v) is 5.62. The Morgan fingerprint density at radius 3 is 2.35 bits per heavy atom. The summed E-state index contributed by atoms with van der Waals surface area (Å²) in [7, 11) is 0. The predicted molar refractivity (Wildman–Crippen MR) is 97.2 cm³/mol. The fraction of sp³-hybridized carbons (Fsp3) is 0.667. The number of benzene rings is 1. The lowest BCUT2D eigenvalue weighted by molar-refractivity contribution is 0.292. The van der Waals surface area contributed by atoms with Crippen LogP contribution in [-0.2, 0) is 4.74 Å². The molecule has 0 spiro atoms. The Morgan fingerprint density at radius 1 is 1.09 bits per heavy atom. The van der Waals surface area contributed by atoms with E-state index in [-0.39, 0.29) is 0 Å². The number of rotatable bonds is 5. The minimum absolute atomic E-state index is 0.318. The average Bonchev–Trinajstić information content (AvgIpc) is 3.06. The molecule has 2 heteroatoms. The van der Waals surface area contributed by atoms with Crippen LogP contribution in [0.25, 0.3) is 0 Å². The molecule has 0 bridgehead atoms. The highest BCUT2D eigenvalue weighted by atomic mass is 16.5. The van der Waals surface area contributed by atoms with Crippen molar-refractivity contribution in [1.82, 2.24) is 0 Å². The molecule has 1 saturated carbocycles. The molecule has 0 aromatic heterocycles. The Hall–Kier alpha value is -1.31. The summed E-state index contributed by atoms with van der Waals surface area (Å²) >= 11 is 0. The van der Waals surface area contributed by atoms with Crippen LogP contribution in [0.4, 0.5) is 0 Å². The van der Waals surface area contributed by atoms with Crippen molar-refractivity contribution in [2.45, 2.75) is 71.3 Å². The van der Waals surface area contributed by atoms with Gasteiger partial charge in [-0.3, -0.25) is 0 Å². The van der Waals surface area contributed by atoms with Gasteiger partial charge in [0.2, 0.25) is 5.90 Å². The lowest BCUT2D eigenvalue weighted by Gasteiger charge is -2.28. The molecule has 1 fully saturated rings. The molecule has 1 heterocycles. The zero-order valence-corrected chi connectivity index (χ0v) is 14.9. The summed E-state index contributed by atoms with van der Waals surface area (Å²) in [6.07, 6.45) is 8.29. The fourth-order valence-electron chi connectivity index (χ4n) is 3.98. The van der Waals surface area contributed by atoms with Crippen LogP contribution in [0.15, 0.2) is 29.3 Å². The van der Waals surface area contributed by atoms with Crippen LogP contribution in [0.3, 0.4) is 0 Å². The van der Waals surface area contributed by atoms with E-state index in [0.29, 0.717) is 12.0 Å². The fourth-order valence-corrected chi connectivity index (χ4v) is 3.98. The van der Waals surface area contributed by atoms with Crippen molar-refractivity contribution >= 4 is 5.90 Å². The van der Waals surface area contributed by atoms with Gasteiger partial charge in [-0.1, -0.05) is 45.7 Å². The van der Waals surface area contributed by atoms with Gasteiger partial charge in [0.1, 0.15) is 6.61 Å². The van der Waals surface area contributed by atoms with Crippen molar-refractivity contribution < 1.29 is 4.74 Å². The Morgan fingerprint density at radius 2 is 1.78 bits per heavy atom. The van der Waals surface area contributed by atoms with Crippen molar-refractivity contribution in [3.05, 3.63) is 35.4 Å². The highest BCUT2D eigenvalue weighted by Gasteiger charge is 2.24. The monoisotopic (exact) mass is 313 g/mol. The molecule has 1 aromatic rings. The van der Waals surface area contributed by atoms with Crippen molar-refractivity contribution in [2.75, 3.05) is 6.61 Å². The van der Waals surface area contributed by atoms with E-state index >= 15 is 0 Å². The number of hydrogen-bond acceptors (Lipinski definition) is 2. The van der Waals surface area contributed by atoms with E-state index in [1.807, 2.05) is 0 Å². The highest BCUT2D eigenvalue weighted by molar-refractivity contribution is 5.95. The van der Waals surface area contributed by atoms with Crippen LogP contribution in [0.2, 0.25) is 0 Å². The lowest BCUT2D eigenvalue weighted by atomic mass is 9.77. The van der Waals surface area contributed by atoms with Crippen molar-refractivity contribution in [3.63, 3.8) is 0 Å². The second kappa shape index (κ2) is 7.51. The van der Waals surface area contributed by atoms with E-state index in [2.05, 4.69) is 45.0 Å². The highest BCUT2D eigenvalue weighted by Crippen LogP contribution is 2.37. The Labute approximate surface area is 141 Å². The quantitative estimate of drug-likeness (QED) is 0.697. The summed E-state index contributed by atoms with van der Waals surface area (Å²) < 4.78 is 5.79. The van der Waals surface area contributed by atoms with Gasteiger partial charge < -0.3 is 4.74 Å². The summed E-state index contributed by atoms with van der Waals surface area (Å²) in [5, 5.41) is 0. The number of ether oxygens (including phenoxy) is 1. The Balaban J connectivity index is 1.61. The van der Waals surface area contributed by atoms with Crippen molar-refractivity contribution in [3.8, 4) is 0 Å². The molecule has 1 unspecified atom stereocenters. The first-order chi connectivity index (χ1) is 11.2. The maximum Gasteiger partial charge on any atom is 0.216 e. The van der Waals surface area contributed by atoms with Crippen LogP contribution >= 0.6 is 0 Å². The molecule has 1 aliphatic heterocycles. The molecule has 0 amide bonds. The maximum atomic E-state index is 5.79. The zero-order chi connectivity index (χ0) is 16.2. The summed E-state index contributed by atoms with van der Waals surface area (Å²) in [5.41, 5.74) is 2.64. The van der Waals surface area contributed by atoms with Crippen molar-refractivity contribution in [1.29, 1.82) is 0 Å². The number of hydrogen-bond donors (Lipinski definition) is 0. The van der Waals surface area contributed by atoms with E-state index in [4.69, 9.17) is 9.73 Å². The normalized spacial score (nSPS) is 27.8. The summed E-state index contributed by atoms with van der Waals surface area (Å²) in [6, 6.07) is 9.33. The van der Waals surface area contributed by atoms with Gasteiger partial charge in [0.25, 0.3) is 0 Å². The van der Waals surface area contributed by atoms with E-state index in [1.54, 1.807) is 0 Å². The average molecular weight is 313 g/mol. The number of aliphatic imine (C=N–C) groups is 1. The molecule has 1 atom stereocenters. The van der Waals surface area contributed by atoms with Gasteiger partial charge in [-0.05, 0) is 61.1 Å². The molecular weight excluding hydrogens is 282 g/mol. The molecule has 0 saturated heterocycles. The minimum Gasteiger partial charge on any atom is -0.475 e. The maximum absolute atomic E-state index is 5.79. The lowest BCUT2D eigenvalue weighted by Crippen LogP contribution is -2.13. The molecule has 1 aromatic carbocycles. The SMILES string of the molecule is CCCC1CCC(c2ccc(C3=NC(C(C)C)CO3)cc2)CC1.